The van der Waals surface area contributed by atoms with Crippen molar-refractivity contribution in [3.63, 3.8) is 0 Å². The van der Waals surface area contributed by atoms with Gasteiger partial charge in [-0.1, -0.05) is 0 Å². The molecule has 2 nitrogen and oxygen atoms in total. The molecule has 5 heteroatoms. The molecular weight excluding hydrogens is 114 g/mol. The van der Waals surface area contributed by atoms with Crippen molar-refractivity contribution >= 4 is 49.1 Å². The molecule has 0 radical (unpaired) electrons. The lowest BCUT2D eigenvalue weighted by atomic mass is 15.9. The molecule has 0 spiro atoms. The second-order valence-electron chi connectivity index (χ2n) is 0.0816. The smallest absolute Gasteiger partial charge is 0.310 e. The maximum atomic E-state index is 8.46. The van der Waals surface area contributed by atoms with E-state index in [4.69, 9.17) is 9.46 Å². The van der Waals surface area contributed by atoms with Crippen molar-refractivity contribution in [2.75, 3.05) is 0 Å². The van der Waals surface area contributed by atoms with Crippen LogP contribution in [-0.2, 0) is 4.57 Å². The molecule has 0 aliphatic rings. The van der Waals surface area contributed by atoms with Crippen molar-refractivity contribution in [1.29, 1.82) is 0 Å². The van der Waals surface area contributed by atoms with Crippen molar-refractivity contribution in [2.45, 2.75) is 0 Å². The van der Waals surface area contributed by atoms with Gasteiger partial charge in [-0.15, -0.1) is 0 Å². The Balaban J connectivity index is -0.0000000200. The van der Waals surface area contributed by atoms with E-state index in [1.807, 2.05) is 0 Å². The first-order chi connectivity index (χ1) is 1.41. The Bertz CT molecular complexity index is 17.1. The zero-order valence-corrected chi connectivity index (χ0v) is 2.20. The van der Waals surface area contributed by atoms with Crippen LogP contribution in [0.4, 0.5) is 0 Å². The molecule has 0 fully saturated rings. The summed E-state index contributed by atoms with van der Waals surface area (Å²) in [5.41, 5.74) is 0. The highest BCUT2D eigenvalue weighted by Crippen LogP contribution is 1.66. The fraction of sp³-hybridized carbons (Fsp3) is 0. The van der Waals surface area contributed by atoms with E-state index in [0.717, 1.165) is 0 Å². The summed E-state index contributed by atoms with van der Waals surface area (Å²) in [6.07, 6.45) is 0. The Morgan fingerprint density at radius 2 is 1.60 bits per heavy atom. The van der Waals surface area contributed by atoms with Crippen LogP contribution in [0.2, 0.25) is 0 Å². The van der Waals surface area contributed by atoms with Gasteiger partial charge in [0.05, 0.1) is 0 Å². The molecule has 0 bridgehead atoms. The summed E-state index contributed by atoms with van der Waals surface area (Å²) in [4.78, 5) is 6.99. The van der Waals surface area contributed by atoms with Crippen LogP contribution in [0.15, 0.2) is 0 Å². The molecule has 0 aromatic carbocycles. The van der Waals surface area contributed by atoms with E-state index in [0.29, 0.717) is 0 Å². The van der Waals surface area contributed by atoms with Crippen molar-refractivity contribution in [2.24, 2.45) is 0 Å². The number of rotatable bonds is 0. The Morgan fingerprint density at radius 1 is 1.60 bits per heavy atom. The van der Waals surface area contributed by atoms with Gasteiger partial charge in [0, 0.05) is 0 Å². The van der Waals surface area contributed by atoms with Gasteiger partial charge in [-0.05, 0) is 0 Å². The number of hydrogen-bond donors (Lipinski definition) is 1. The van der Waals surface area contributed by atoms with Crippen molar-refractivity contribution in [3.8, 4) is 0 Å². The Kier molecular flexibility index (Phi) is 59.2. The van der Waals surface area contributed by atoms with Crippen LogP contribution in [0.5, 0.6) is 0 Å². The predicted octanol–water partition coefficient (Wildman–Crippen LogP) is -1.91. The molecule has 0 rings (SSSR count). The molecule has 0 saturated heterocycles. The molecule has 0 aliphatic heterocycles. The van der Waals surface area contributed by atoms with E-state index in [1.54, 1.807) is 0 Å². The van der Waals surface area contributed by atoms with Gasteiger partial charge < -0.3 is 4.89 Å². The lowest BCUT2D eigenvalue weighted by molar-refractivity contribution is 0.524. The van der Waals surface area contributed by atoms with Gasteiger partial charge in [-0.25, -0.2) is 4.57 Å². The van der Waals surface area contributed by atoms with Crippen molar-refractivity contribution in [1.82, 2.24) is 0 Å². The summed E-state index contributed by atoms with van der Waals surface area (Å²) in [6.45, 7) is 0. The zero-order chi connectivity index (χ0) is 2.71. The van der Waals surface area contributed by atoms with Gasteiger partial charge in [-0.3, -0.25) is 0 Å². The minimum atomic E-state index is -0.833. The van der Waals surface area contributed by atoms with Crippen LogP contribution in [0.25, 0.3) is 0 Å². The zero-order valence-electron chi connectivity index (χ0n) is 1.30. The van der Waals surface area contributed by atoms with Crippen LogP contribution in [0.3, 0.4) is 0 Å². The fourth-order valence-electron chi connectivity index (χ4n) is 0. The van der Waals surface area contributed by atoms with Crippen molar-refractivity contribution in [3.05, 3.63) is 0 Å². The highest BCUT2D eigenvalue weighted by molar-refractivity contribution is 7.16. The van der Waals surface area contributed by atoms with Crippen LogP contribution in [-0.4, -0.2) is 45.3 Å². The molecule has 1 N–H and O–H groups in total. The minimum Gasteiger partial charge on any atom is -0.310 e. The summed E-state index contributed by atoms with van der Waals surface area (Å²) in [5.74, 6) is 0. The molecule has 5 heavy (non-hydrogen) atoms. The van der Waals surface area contributed by atoms with Gasteiger partial charge in [0.1, 0.15) is 0 Å². The molecule has 0 heterocycles. The molecule has 0 atom stereocenters. The molecule has 0 unspecified atom stereocenters. The molecular formula is H6AlMgO2P. The first-order valence-corrected chi connectivity index (χ1v) is 1.15. The van der Waals surface area contributed by atoms with Crippen molar-refractivity contribution < 1.29 is 9.46 Å². The third-order valence-corrected chi connectivity index (χ3v) is 0. The summed E-state index contributed by atoms with van der Waals surface area (Å²) < 4.78 is 8.46. The standard InChI is InChI=1S/Al.Mg.HO2P.5H/c;;1-3-2;;;;;/h;;(H,1,2);;;;;. The maximum Gasteiger partial charge on any atom is 0.324 e. The molecule has 0 amide bonds. The SMILES string of the molecule is O=PO.[AlH3].[MgH2]. The predicted molar refractivity (Wildman–Crippen MR) is 28.3 cm³/mol. The Hall–Kier alpha value is 1.36. The third kappa shape index (κ3) is 32.7. The third-order valence-electron chi connectivity index (χ3n) is 0. The maximum absolute atomic E-state index is 8.46. The lowest BCUT2D eigenvalue weighted by Crippen LogP contribution is -1.03. The average Bonchev–Trinajstić information content (AvgIpc) is 0.918. The van der Waals surface area contributed by atoms with E-state index in [-0.39, 0.29) is 40.4 Å². The highest BCUT2D eigenvalue weighted by Gasteiger charge is 1.28. The average molecular weight is 120 g/mol. The largest absolute Gasteiger partial charge is 0.324 e. The summed E-state index contributed by atoms with van der Waals surface area (Å²) in [6, 6.07) is 0. The molecule has 0 saturated carbocycles. The van der Waals surface area contributed by atoms with Gasteiger partial charge in [0.25, 0.3) is 0 Å². The van der Waals surface area contributed by atoms with Crippen LogP contribution in [0.1, 0.15) is 0 Å². The van der Waals surface area contributed by atoms with E-state index in [9.17, 15) is 0 Å². The first kappa shape index (κ1) is 16.2. The monoisotopic (exact) mass is 120 g/mol. The van der Waals surface area contributed by atoms with E-state index in [2.05, 4.69) is 0 Å². The molecule has 28 valence electrons. The van der Waals surface area contributed by atoms with Gasteiger partial charge in [0.2, 0.25) is 0 Å². The van der Waals surface area contributed by atoms with Gasteiger partial charge in [-0.2, -0.15) is 0 Å². The van der Waals surface area contributed by atoms with E-state index < -0.39 is 8.69 Å². The molecule has 0 aromatic heterocycles. The molecule has 0 aliphatic carbocycles. The van der Waals surface area contributed by atoms with E-state index in [1.165, 1.54) is 0 Å². The molecule has 0 aromatic rings. The highest BCUT2D eigenvalue weighted by atomic mass is 31.1. The summed E-state index contributed by atoms with van der Waals surface area (Å²) >= 11 is 0. The second-order valence-corrected chi connectivity index (χ2v) is 0.245. The van der Waals surface area contributed by atoms with E-state index >= 15 is 0 Å². The van der Waals surface area contributed by atoms with Gasteiger partial charge in [0.15, 0.2) is 17.4 Å². The summed E-state index contributed by atoms with van der Waals surface area (Å²) in [7, 11) is -0.833. The van der Waals surface area contributed by atoms with Crippen LogP contribution < -0.4 is 0 Å². The second kappa shape index (κ2) is 18.3. The number of hydrogen-bond acceptors (Lipinski definition) is 1. The fourth-order valence-corrected chi connectivity index (χ4v) is 0. The topological polar surface area (TPSA) is 37.3 Å². The Morgan fingerprint density at radius 3 is 1.60 bits per heavy atom. The van der Waals surface area contributed by atoms with Gasteiger partial charge >= 0.3 is 31.7 Å². The first-order valence-electron chi connectivity index (χ1n) is 0.383. The normalized spacial score (nSPS) is 4.20. The minimum absolute atomic E-state index is 0. The van der Waals surface area contributed by atoms with Crippen LogP contribution in [0, 0.1) is 0 Å². The van der Waals surface area contributed by atoms with Crippen LogP contribution >= 0.6 is 8.69 Å². The quantitative estimate of drug-likeness (QED) is 0.299. The summed E-state index contributed by atoms with van der Waals surface area (Å²) in [5, 5.41) is 0. The lowest BCUT2D eigenvalue weighted by Gasteiger charge is -1.24. The Labute approximate surface area is 58.5 Å².